The third kappa shape index (κ3) is 2.97. The lowest BCUT2D eigenvalue weighted by Gasteiger charge is -2.04. The number of rotatable bonds is 0. The van der Waals surface area contributed by atoms with E-state index in [0.717, 1.165) is 0 Å². The van der Waals surface area contributed by atoms with Crippen molar-refractivity contribution in [2.75, 3.05) is 11.5 Å². The van der Waals surface area contributed by atoms with Gasteiger partial charge in [0, 0.05) is 0 Å². The van der Waals surface area contributed by atoms with Crippen molar-refractivity contribution in [3.8, 4) is 23.7 Å². The Kier molecular flexibility index (Phi) is 4.98. The zero-order valence-electron chi connectivity index (χ0n) is 12.2. The van der Waals surface area contributed by atoms with E-state index >= 15 is 0 Å². The summed E-state index contributed by atoms with van der Waals surface area (Å²) in [6.07, 6.45) is 0. The average Bonchev–Trinajstić information content (AvgIpc) is 2.63. The van der Waals surface area contributed by atoms with Crippen LogP contribution in [-0.4, -0.2) is 0 Å². The van der Waals surface area contributed by atoms with Crippen LogP contribution in [0.2, 0.25) is 0 Å². The molecule has 0 aromatic heterocycles. The molecule has 0 aliphatic heterocycles. The molecule has 0 bridgehead atoms. The highest BCUT2D eigenvalue weighted by molar-refractivity contribution is 5.55. The minimum Gasteiger partial charge on any atom is -0.394 e. The number of anilines is 2. The van der Waals surface area contributed by atoms with Crippen LogP contribution in [0, 0.1) is 70.2 Å². The molecule has 0 unspecified atom stereocenters. The summed E-state index contributed by atoms with van der Waals surface area (Å²) >= 11 is 0. The van der Waals surface area contributed by atoms with E-state index in [0.29, 0.717) is 0 Å². The number of nitrogen functional groups attached to an aromatic ring is 2. The van der Waals surface area contributed by atoms with E-state index < -0.39 is 69.0 Å². The van der Waals surface area contributed by atoms with E-state index in [2.05, 4.69) is 0 Å². The molecular weight excluding hydrogens is 372 g/mol. The predicted octanol–water partition coefficient (Wildman–Crippen LogP) is 3.37. The van der Waals surface area contributed by atoms with Gasteiger partial charge in [-0.25, -0.2) is 35.1 Å². The highest BCUT2D eigenvalue weighted by Crippen LogP contribution is 2.26. The SMILES string of the molecule is Nc1c(F)c(F)c(F)c(C#CC#Cc2c(F)c(N)c(F)c(F)c2F)c1F. The van der Waals surface area contributed by atoms with Crippen molar-refractivity contribution in [2.24, 2.45) is 0 Å². The zero-order valence-corrected chi connectivity index (χ0v) is 12.2. The van der Waals surface area contributed by atoms with Crippen molar-refractivity contribution in [1.82, 2.24) is 0 Å². The summed E-state index contributed by atoms with van der Waals surface area (Å²) in [5.41, 5.74) is 4.51. The lowest BCUT2D eigenvalue weighted by Crippen LogP contribution is -2.06. The number of benzene rings is 2. The molecule has 0 amide bonds. The zero-order chi connectivity index (χ0) is 19.8. The van der Waals surface area contributed by atoms with Crippen molar-refractivity contribution in [3.05, 3.63) is 57.7 Å². The highest BCUT2D eigenvalue weighted by atomic mass is 19.2. The summed E-state index contributed by atoms with van der Waals surface area (Å²) in [6.45, 7) is 0. The Morgan fingerprint density at radius 1 is 0.423 bits per heavy atom. The Morgan fingerprint density at radius 3 is 1.04 bits per heavy atom. The van der Waals surface area contributed by atoms with Crippen LogP contribution >= 0.6 is 0 Å². The van der Waals surface area contributed by atoms with Gasteiger partial charge in [0.1, 0.15) is 22.5 Å². The second-order valence-electron chi connectivity index (χ2n) is 4.59. The minimum absolute atomic E-state index is 1.29. The van der Waals surface area contributed by atoms with Gasteiger partial charge < -0.3 is 11.5 Å². The van der Waals surface area contributed by atoms with Gasteiger partial charge >= 0.3 is 0 Å². The van der Waals surface area contributed by atoms with E-state index in [1.807, 2.05) is 0 Å². The van der Waals surface area contributed by atoms with Crippen LogP contribution in [0.1, 0.15) is 11.1 Å². The molecule has 134 valence electrons. The molecule has 2 aromatic rings. The molecule has 0 radical (unpaired) electrons. The maximum absolute atomic E-state index is 13.6. The van der Waals surface area contributed by atoms with E-state index in [-0.39, 0.29) is 0 Å². The molecular formula is C16H4F8N2. The lowest BCUT2D eigenvalue weighted by molar-refractivity contribution is 0.436. The Hall–Kier alpha value is -3.40. The first-order chi connectivity index (χ1) is 12.1. The van der Waals surface area contributed by atoms with Crippen LogP contribution in [0.5, 0.6) is 0 Å². The van der Waals surface area contributed by atoms with Gasteiger partial charge in [-0.05, 0) is 23.7 Å². The fourth-order valence-corrected chi connectivity index (χ4v) is 1.71. The lowest BCUT2D eigenvalue weighted by atomic mass is 10.1. The molecule has 0 heterocycles. The fourth-order valence-electron chi connectivity index (χ4n) is 1.71. The fraction of sp³-hybridized carbons (Fsp3) is 0. The van der Waals surface area contributed by atoms with Gasteiger partial charge in [-0.2, -0.15) is 0 Å². The predicted molar refractivity (Wildman–Crippen MR) is 75.1 cm³/mol. The average molecular weight is 376 g/mol. The monoisotopic (exact) mass is 376 g/mol. The summed E-state index contributed by atoms with van der Waals surface area (Å²) in [6, 6.07) is 0. The van der Waals surface area contributed by atoms with Crippen molar-refractivity contribution in [3.63, 3.8) is 0 Å². The van der Waals surface area contributed by atoms with Gasteiger partial charge in [0.15, 0.2) is 46.5 Å². The smallest absolute Gasteiger partial charge is 0.198 e. The standard InChI is InChI=1S/C16H4F8N2/c17-7-5(9(19)15(25)13(23)11(7)21)3-1-2-4-6-8(18)12(22)14(24)16(26)10(6)20/h25-26H2. The maximum atomic E-state index is 13.6. The molecule has 0 saturated heterocycles. The van der Waals surface area contributed by atoms with Crippen molar-refractivity contribution < 1.29 is 35.1 Å². The van der Waals surface area contributed by atoms with E-state index in [1.165, 1.54) is 0 Å². The molecule has 0 saturated carbocycles. The molecule has 0 spiro atoms. The first kappa shape index (κ1) is 18.9. The molecule has 2 rings (SSSR count). The number of hydrogen-bond acceptors (Lipinski definition) is 2. The molecule has 26 heavy (non-hydrogen) atoms. The topological polar surface area (TPSA) is 52.0 Å². The highest BCUT2D eigenvalue weighted by Gasteiger charge is 2.23. The summed E-state index contributed by atoms with van der Waals surface area (Å²) in [7, 11) is 0. The van der Waals surface area contributed by atoms with Gasteiger partial charge in [0.2, 0.25) is 0 Å². The molecule has 2 nitrogen and oxygen atoms in total. The molecule has 0 atom stereocenters. The molecule has 0 aliphatic rings. The van der Waals surface area contributed by atoms with E-state index in [4.69, 9.17) is 11.5 Å². The van der Waals surface area contributed by atoms with Crippen LogP contribution in [0.4, 0.5) is 46.5 Å². The number of halogens is 8. The van der Waals surface area contributed by atoms with Crippen LogP contribution < -0.4 is 11.5 Å². The Labute approximate surface area is 140 Å². The minimum atomic E-state index is -2.09. The number of nitrogens with two attached hydrogens (primary N) is 2. The Balaban J connectivity index is 2.54. The number of hydrogen-bond donors (Lipinski definition) is 2. The third-order valence-corrected chi connectivity index (χ3v) is 3.03. The van der Waals surface area contributed by atoms with Crippen LogP contribution in [-0.2, 0) is 0 Å². The van der Waals surface area contributed by atoms with Gasteiger partial charge in [-0.3, -0.25) is 0 Å². The van der Waals surface area contributed by atoms with Gasteiger partial charge in [0.05, 0.1) is 0 Å². The van der Waals surface area contributed by atoms with Gasteiger partial charge in [-0.15, -0.1) is 0 Å². The first-order valence-electron chi connectivity index (χ1n) is 6.34. The quantitative estimate of drug-likeness (QED) is 0.244. The van der Waals surface area contributed by atoms with Crippen molar-refractivity contribution in [1.29, 1.82) is 0 Å². The van der Waals surface area contributed by atoms with Crippen LogP contribution in [0.25, 0.3) is 0 Å². The Morgan fingerprint density at radius 2 is 0.731 bits per heavy atom. The summed E-state index contributed by atoms with van der Waals surface area (Å²) in [4.78, 5) is 0. The summed E-state index contributed by atoms with van der Waals surface area (Å²) < 4.78 is 106. The van der Waals surface area contributed by atoms with Gasteiger partial charge in [0.25, 0.3) is 0 Å². The first-order valence-corrected chi connectivity index (χ1v) is 6.34. The molecule has 0 fully saturated rings. The maximum Gasteiger partial charge on any atom is 0.198 e. The van der Waals surface area contributed by atoms with Crippen molar-refractivity contribution >= 4 is 11.4 Å². The third-order valence-electron chi connectivity index (χ3n) is 3.03. The molecule has 10 heteroatoms. The van der Waals surface area contributed by atoms with E-state index in [1.54, 1.807) is 23.7 Å². The van der Waals surface area contributed by atoms with Gasteiger partial charge in [-0.1, -0.05) is 0 Å². The summed E-state index contributed by atoms with van der Waals surface area (Å²) in [5, 5.41) is 0. The normalized spacial score (nSPS) is 10.0. The van der Waals surface area contributed by atoms with E-state index in [9.17, 15) is 35.1 Å². The molecule has 2 aromatic carbocycles. The van der Waals surface area contributed by atoms with Crippen molar-refractivity contribution in [2.45, 2.75) is 0 Å². The largest absolute Gasteiger partial charge is 0.394 e. The van der Waals surface area contributed by atoms with Crippen LogP contribution in [0.3, 0.4) is 0 Å². The Bertz CT molecular complexity index is 911. The second kappa shape index (κ2) is 6.84. The summed E-state index contributed by atoms with van der Waals surface area (Å²) in [5.74, 6) is -8.89. The van der Waals surface area contributed by atoms with Crippen LogP contribution in [0.15, 0.2) is 0 Å². The second-order valence-corrected chi connectivity index (χ2v) is 4.59. The molecule has 4 N–H and O–H groups in total. The molecule has 0 aliphatic carbocycles.